The molecular formula is C21H30Cl2SiZr. The van der Waals surface area contributed by atoms with Crippen LogP contribution in [0.3, 0.4) is 0 Å². The van der Waals surface area contributed by atoms with Gasteiger partial charge in [-0.15, -0.1) is 24.8 Å². The van der Waals surface area contributed by atoms with E-state index in [-0.39, 0.29) is 24.8 Å². The first-order chi connectivity index (χ1) is 10.7. The van der Waals surface area contributed by atoms with Crippen molar-refractivity contribution in [1.82, 2.24) is 0 Å². The maximum Gasteiger partial charge on any atom is -0.147 e. The molecule has 0 amide bonds. The molecular weight excluding hydrogens is 442 g/mol. The molecule has 0 spiro atoms. The largest absolute Gasteiger partial charge is 0.147 e. The molecule has 4 heteroatoms. The molecule has 136 valence electrons. The molecule has 0 bridgehead atoms. The predicted octanol–water partition coefficient (Wildman–Crippen LogP) is 5.69. The molecule has 1 aromatic carbocycles. The number of hydrogen-bond acceptors (Lipinski definition) is 0. The van der Waals surface area contributed by atoms with Gasteiger partial charge in [0, 0.05) is 0 Å². The van der Waals surface area contributed by atoms with E-state index in [0.717, 1.165) is 0 Å². The minimum absolute atomic E-state index is 0. The van der Waals surface area contributed by atoms with Crippen molar-refractivity contribution in [2.24, 2.45) is 0 Å². The first kappa shape index (κ1) is 22.9. The van der Waals surface area contributed by atoms with Gasteiger partial charge in [0.05, 0.1) is 0 Å². The second kappa shape index (κ2) is 7.85. The Bertz CT molecular complexity index is 824. The van der Waals surface area contributed by atoms with Crippen molar-refractivity contribution in [1.29, 1.82) is 0 Å². The Hall–Kier alpha value is -0.140. The summed E-state index contributed by atoms with van der Waals surface area (Å²) in [6, 6.07) is 11.4. The zero-order chi connectivity index (χ0) is 16.9. The summed E-state index contributed by atoms with van der Waals surface area (Å²) in [7, 11) is 0. The summed E-state index contributed by atoms with van der Waals surface area (Å²) in [5.74, 6) is 0. The van der Waals surface area contributed by atoms with Crippen LogP contribution >= 0.6 is 24.8 Å². The summed E-state index contributed by atoms with van der Waals surface area (Å²) in [5.41, 5.74) is 6.14. The summed E-state index contributed by atoms with van der Waals surface area (Å²) in [6.07, 6.45) is 7.21. The first-order valence-electron chi connectivity index (χ1n) is 8.58. The molecule has 0 saturated heterocycles. The van der Waals surface area contributed by atoms with Crippen LogP contribution in [0.5, 0.6) is 0 Å². The second-order valence-electron chi connectivity index (χ2n) is 8.03. The van der Waals surface area contributed by atoms with Gasteiger partial charge in [0.15, 0.2) is 0 Å². The minimum Gasteiger partial charge on any atom is -0.147 e. The molecule has 0 aliphatic heterocycles. The number of rotatable bonds is 3. The Morgan fingerprint density at radius 3 is 1.48 bits per heavy atom. The zero-order valence-electron chi connectivity index (χ0n) is 16.0. The second-order valence-corrected chi connectivity index (χ2v) is 32.8. The van der Waals surface area contributed by atoms with Crippen LogP contribution in [0.15, 0.2) is 71.3 Å². The van der Waals surface area contributed by atoms with Crippen molar-refractivity contribution < 1.29 is 17.4 Å². The monoisotopic (exact) mass is 470 g/mol. The SMILES string of the molecule is CC1=CC(C)=[C]([Zr]([CH3])(=[SiH2])([C]2=C(C)C=C(C)C2)[c]2ccccc2)C1.Cl.Cl. The number of hydrogen-bond donors (Lipinski definition) is 0. The van der Waals surface area contributed by atoms with Crippen molar-refractivity contribution in [2.45, 2.75) is 45.2 Å². The molecule has 0 radical (unpaired) electrons. The smallest absolute Gasteiger partial charge is 0.147 e. The van der Waals surface area contributed by atoms with Gasteiger partial charge < -0.3 is 0 Å². The molecule has 0 heterocycles. The van der Waals surface area contributed by atoms with Crippen molar-refractivity contribution >= 4 is 35.0 Å². The Morgan fingerprint density at radius 2 is 1.16 bits per heavy atom. The van der Waals surface area contributed by atoms with Gasteiger partial charge in [-0.25, -0.2) is 0 Å². The van der Waals surface area contributed by atoms with E-state index in [1.54, 1.807) is 21.0 Å². The van der Waals surface area contributed by atoms with Crippen LogP contribution in [0, 0.1) is 0 Å². The molecule has 0 nitrogen and oxygen atoms in total. The van der Waals surface area contributed by atoms with E-state index in [9.17, 15) is 0 Å². The fourth-order valence-corrected chi connectivity index (χ4v) is 25.6. The van der Waals surface area contributed by atoms with Crippen LogP contribution in [0.25, 0.3) is 0 Å². The summed E-state index contributed by atoms with van der Waals surface area (Å²) in [6.45, 7) is 11.6. The van der Waals surface area contributed by atoms with Crippen LogP contribution in [0.2, 0.25) is 4.63 Å². The van der Waals surface area contributed by atoms with Gasteiger partial charge >= 0.3 is 144 Å². The van der Waals surface area contributed by atoms with E-state index in [0.29, 0.717) is 0 Å². The van der Waals surface area contributed by atoms with Gasteiger partial charge in [0.25, 0.3) is 0 Å². The van der Waals surface area contributed by atoms with Crippen LogP contribution < -0.4 is 3.27 Å². The molecule has 2 aliphatic carbocycles. The molecule has 2 aliphatic rings. The van der Waals surface area contributed by atoms with E-state index in [4.69, 9.17) is 0 Å². The molecule has 0 N–H and O–H groups in total. The molecule has 0 saturated carbocycles. The van der Waals surface area contributed by atoms with E-state index in [2.05, 4.69) is 81.7 Å². The minimum atomic E-state index is -3.41. The Balaban J connectivity index is 0.00000156. The molecule has 0 aromatic heterocycles. The van der Waals surface area contributed by atoms with Gasteiger partial charge in [0.1, 0.15) is 0 Å². The van der Waals surface area contributed by atoms with Crippen molar-refractivity contribution in [3.63, 3.8) is 0 Å². The molecule has 3 rings (SSSR count). The molecule has 25 heavy (non-hydrogen) atoms. The molecule has 0 unspecified atom stereocenters. The van der Waals surface area contributed by atoms with Crippen LogP contribution in [0.4, 0.5) is 0 Å². The van der Waals surface area contributed by atoms with E-state index in [1.807, 2.05) is 0 Å². The molecule has 0 fully saturated rings. The summed E-state index contributed by atoms with van der Waals surface area (Å²) in [4.78, 5) is 0. The van der Waals surface area contributed by atoms with Crippen LogP contribution in [-0.2, 0) is 17.4 Å². The molecule has 1 aromatic rings. The normalized spacial score (nSPS) is 17.8. The van der Waals surface area contributed by atoms with Gasteiger partial charge in [-0.1, -0.05) is 0 Å². The van der Waals surface area contributed by atoms with E-state index >= 15 is 0 Å². The average molecular weight is 473 g/mol. The van der Waals surface area contributed by atoms with Crippen molar-refractivity contribution in [3.05, 3.63) is 71.3 Å². The number of benzene rings is 1. The van der Waals surface area contributed by atoms with Gasteiger partial charge in [-0.3, -0.25) is 0 Å². The van der Waals surface area contributed by atoms with Crippen LogP contribution in [-0.4, -0.2) is 6.88 Å². The maximum atomic E-state index is 2.67. The van der Waals surface area contributed by atoms with E-state index in [1.165, 1.54) is 24.0 Å². The zero-order valence-corrected chi connectivity index (χ0v) is 21.5. The van der Waals surface area contributed by atoms with Gasteiger partial charge in [-0.05, 0) is 0 Å². The van der Waals surface area contributed by atoms with Crippen molar-refractivity contribution in [3.8, 4) is 0 Å². The summed E-state index contributed by atoms with van der Waals surface area (Å²) in [5, 5.41) is 0. The van der Waals surface area contributed by atoms with E-state index < -0.39 is 17.4 Å². The average Bonchev–Trinajstić information content (AvgIpc) is 3.02. The fourth-order valence-electron chi connectivity index (χ4n) is 4.82. The molecule has 0 atom stereocenters. The topological polar surface area (TPSA) is 0 Å². The Kier molecular flexibility index (Phi) is 7.19. The number of allylic oxidation sites excluding steroid dienone is 8. The third-order valence-corrected chi connectivity index (χ3v) is 28.9. The third kappa shape index (κ3) is 3.65. The Labute approximate surface area is 167 Å². The Morgan fingerprint density at radius 1 is 0.760 bits per heavy atom. The van der Waals surface area contributed by atoms with Gasteiger partial charge in [0.2, 0.25) is 0 Å². The van der Waals surface area contributed by atoms with Crippen LogP contribution in [0.1, 0.15) is 40.5 Å². The van der Waals surface area contributed by atoms with Crippen molar-refractivity contribution in [2.75, 3.05) is 0 Å². The maximum absolute atomic E-state index is 3.41. The summed E-state index contributed by atoms with van der Waals surface area (Å²) < 4.78 is 7.87. The standard InChI is InChI=1S/2C7H9.C6H5.CH3.2ClH.H2Si.Zr/c2*1-6-3-4-7(2)5-6;1-2-4-6-5-3-1;;;;;/h2*5H,3H2,1-2H3;1-5H;1H3;2*1H;1H2;. The number of halogens is 2. The van der Waals surface area contributed by atoms with Gasteiger partial charge in [-0.2, -0.15) is 0 Å². The third-order valence-electron chi connectivity index (χ3n) is 5.98. The quantitative estimate of drug-likeness (QED) is 0.496. The summed E-state index contributed by atoms with van der Waals surface area (Å²) >= 11 is -3.41. The predicted molar refractivity (Wildman–Crippen MR) is 117 cm³/mol. The first-order valence-corrected chi connectivity index (χ1v) is 20.6. The fraction of sp³-hybridized carbons (Fsp3) is 0.333.